The number of nitro benzene ring substituents is 1. The van der Waals surface area contributed by atoms with Crippen LogP contribution in [0.25, 0.3) is 0 Å². The molecule has 1 amide bonds. The van der Waals surface area contributed by atoms with Gasteiger partial charge in [-0.1, -0.05) is 25.5 Å². The van der Waals surface area contributed by atoms with E-state index >= 15 is 0 Å². The molecule has 2 aromatic heterocycles. The lowest BCUT2D eigenvalue weighted by Crippen LogP contribution is -2.11. The molecule has 0 unspecified atom stereocenters. The van der Waals surface area contributed by atoms with Crippen molar-refractivity contribution in [3.63, 3.8) is 0 Å². The topological polar surface area (TPSA) is 117 Å². The van der Waals surface area contributed by atoms with Crippen LogP contribution >= 0.6 is 0 Å². The Morgan fingerprint density at radius 1 is 1.06 bits per heavy atom. The van der Waals surface area contributed by atoms with Crippen molar-refractivity contribution in [3.05, 3.63) is 106 Å². The van der Waals surface area contributed by atoms with Crippen LogP contribution in [0.2, 0.25) is 0 Å². The number of amides is 1. The van der Waals surface area contributed by atoms with Gasteiger partial charge in [-0.3, -0.25) is 19.9 Å². The molecule has 0 radical (unpaired) electrons. The Morgan fingerprint density at radius 3 is 2.60 bits per heavy atom. The fourth-order valence-electron chi connectivity index (χ4n) is 3.33. The molecule has 4 aromatic rings. The standard InChI is InChI=1S/C26H23N3O6/c1-2-4-18-6-8-21(9-7-18)33-17-23-10-11-25(35-23)26(30)28-19-13-20(29(31)32)15-24(14-19)34-22-5-3-12-27-16-22/h3,5-16H,2,4,17H2,1H3,(H,28,30). The van der Waals surface area contributed by atoms with Gasteiger partial charge in [-0.15, -0.1) is 0 Å². The highest BCUT2D eigenvalue weighted by Crippen LogP contribution is 2.30. The van der Waals surface area contributed by atoms with Gasteiger partial charge in [0, 0.05) is 18.3 Å². The highest BCUT2D eigenvalue weighted by atomic mass is 16.6. The summed E-state index contributed by atoms with van der Waals surface area (Å²) in [6, 6.07) is 18.3. The van der Waals surface area contributed by atoms with Crippen LogP contribution < -0.4 is 14.8 Å². The van der Waals surface area contributed by atoms with Crippen molar-refractivity contribution in [1.82, 2.24) is 4.98 Å². The lowest BCUT2D eigenvalue weighted by atomic mass is 10.1. The number of pyridine rings is 1. The number of benzene rings is 2. The molecule has 35 heavy (non-hydrogen) atoms. The molecule has 4 rings (SSSR count). The zero-order valence-electron chi connectivity index (χ0n) is 19.0. The normalized spacial score (nSPS) is 10.5. The largest absolute Gasteiger partial charge is 0.486 e. The van der Waals surface area contributed by atoms with Gasteiger partial charge in [0.15, 0.2) is 5.76 Å². The molecule has 9 nitrogen and oxygen atoms in total. The number of hydrogen-bond donors (Lipinski definition) is 1. The summed E-state index contributed by atoms with van der Waals surface area (Å²) in [5.41, 5.74) is 1.19. The number of nitro groups is 1. The van der Waals surface area contributed by atoms with Crippen molar-refractivity contribution in [2.45, 2.75) is 26.4 Å². The van der Waals surface area contributed by atoms with Crippen molar-refractivity contribution in [2.24, 2.45) is 0 Å². The van der Waals surface area contributed by atoms with E-state index in [9.17, 15) is 14.9 Å². The molecule has 0 aliphatic carbocycles. The SMILES string of the molecule is CCCc1ccc(OCc2ccc(C(=O)Nc3cc(Oc4cccnc4)cc([N+](=O)[O-])c3)o2)cc1. The predicted octanol–water partition coefficient (Wildman–Crippen LogP) is 6.16. The average Bonchev–Trinajstić information content (AvgIpc) is 3.34. The fraction of sp³-hybridized carbons (Fsp3) is 0.154. The molecule has 0 fully saturated rings. The van der Waals surface area contributed by atoms with Gasteiger partial charge in [0.25, 0.3) is 11.6 Å². The van der Waals surface area contributed by atoms with Crippen LogP contribution in [0.15, 0.2) is 83.5 Å². The second-order valence-corrected chi connectivity index (χ2v) is 7.67. The van der Waals surface area contributed by atoms with Crippen molar-refractivity contribution in [2.75, 3.05) is 5.32 Å². The third-order valence-corrected chi connectivity index (χ3v) is 4.96. The molecule has 0 aliphatic rings. The van der Waals surface area contributed by atoms with Crippen LogP contribution in [0.4, 0.5) is 11.4 Å². The number of hydrogen-bond acceptors (Lipinski definition) is 7. The highest BCUT2D eigenvalue weighted by Gasteiger charge is 2.16. The zero-order valence-corrected chi connectivity index (χ0v) is 19.0. The van der Waals surface area contributed by atoms with Gasteiger partial charge in [-0.2, -0.15) is 0 Å². The van der Waals surface area contributed by atoms with E-state index in [4.69, 9.17) is 13.9 Å². The molecule has 9 heteroatoms. The van der Waals surface area contributed by atoms with E-state index in [2.05, 4.69) is 17.2 Å². The summed E-state index contributed by atoms with van der Waals surface area (Å²) >= 11 is 0. The summed E-state index contributed by atoms with van der Waals surface area (Å²) in [4.78, 5) is 27.4. The number of anilines is 1. The van der Waals surface area contributed by atoms with Gasteiger partial charge in [0.2, 0.25) is 0 Å². The molecular formula is C26H23N3O6. The van der Waals surface area contributed by atoms with Crippen LogP contribution in [0.3, 0.4) is 0 Å². The number of aryl methyl sites for hydroxylation is 1. The molecule has 0 aliphatic heterocycles. The number of ether oxygens (including phenoxy) is 2. The third-order valence-electron chi connectivity index (χ3n) is 4.96. The highest BCUT2D eigenvalue weighted by molar-refractivity contribution is 6.02. The minimum absolute atomic E-state index is 0.0446. The maximum Gasteiger partial charge on any atom is 0.291 e. The Bertz CT molecular complexity index is 1300. The van der Waals surface area contributed by atoms with E-state index in [1.807, 2.05) is 24.3 Å². The van der Waals surface area contributed by atoms with E-state index in [1.165, 1.54) is 36.0 Å². The van der Waals surface area contributed by atoms with Gasteiger partial charge in [-0.25, -0.2) is 0 Å². The smallest absolute Gasteiger partial charge is 0.291 e. The van der Waals surface area contributed by atoms with Gasteiger partial charge >= 0.3 is 0 Å². The third kappa shape index (κ3) is 6.44. The number of aromatic nitrogens is 1. The molecule has 0 spiro atoms. The maximum atomic E-state index is 12.7. The van der Waals surface area contributed by atoms with Gasteiger partial charge in [0.05, 0.1) is 22.9 Å². The van der Waals surface area contributed by atoms with Crippen molar-refractivity contribution >= 4 is 17.3 Å². The van der Waals surface area contributed by atoms with E-state index in [1.54, 1.807) is 24.4 Å². The van der Waals surface area contributed by atoms with Gasteiger partial charge in [0.1, 0.15) is 29.6 Å². The maximum absolute atomic E-state index is 12.7. The first-order chi connectivity index (χ1) is 17.0. The van der Waals surface area contributed by atoms with E-state index < -0.39 is 10.8 Å². The summed E-state index contributed by atoms with van der Waals surface area (Å²) in [7, 11) is 0. The van der Waals surface area contributed by atoms with Gasteiger partial charge in [-0.05, 0) is 48.4 Å². The fourth-order valence-corrected chi connectivity index (χ4v) is 3.33. The molecule has 1 N–H and O–H groups in total. The van der Waals surface area contributed by atoms with Crippen molar-refractivity contribution < 1.29 is 23.6 Å². The Hall–Kier alpha value is -4.66. The summed E-state index contributed by atoms with van der Waals surface area (Å²) < 4.78 is 17.0. The molecule has 178 valence electrons. The van der Waals surface area contributed by atoms with E-state index in [0.29, 0.717) is 17.3 Å². The van der Waals surface area contributed by atoms with Crippen LogP contribution in [-0.4, -0.2) is 15.8 Å². The number of nitrogens with zero attached hydrogens (tertiary/aromatic N) is 2. The predicted molar refractivity (Wildman–Crippen MR) is 129 cm³/mol. The molecule has 2 aromatic carbocycles. The minimum Gasteiger partial charge on any atom is -0.486 e. The first-order valence-electron chi connectivity index (χ1n) is 11.0. The number of furan rings is 1. The van der Waals surface area contributed by atoms with Crippen LogP contribution in [-0.2, 0) is 13.0 Å². The number of carbonyl (C=O) groups is 1. The zero-order chi connectivity index (χ0) is 24.6. The van der Waals surface area contributed by atoms with E-state index in [0.717, 1.165) is 12.8 Å². The lowest BCUT2D eigenvalue weighted by Gasteiger charge is -2.08. The first kappa shape index (κ1) is 23.5. The molecule has 0 saturated heterocycles. The number of non-ortho nitro benzene ring substituents is 1. The van der Waals surface area contributed by atoms with E-state index in [-0.39, 0.29) is 29.5 Å². The molecule has 0 bridgehead atoms. The number of rotatable bonds is 10. The molecule has 0 atom stereocenters. The summed E-state index contributed by atoms with van der Waals surface area (Å²) in [5, 5.41) is 14.0. The van der Waals surface area contributed by atoms with Crippen LogP contribution in [0, 0.1) is 10.1 Å². The number of carbonyl (C=O) groups excluding carboxylic acids is 1. The average molecular weight is 473 g/mol. The van der Waals surface area contributed by atoms with Crippen molar-refractivity contribution in [3.8, 4) is 17.2 Å². The van der Waals surface area contributed by atoms with Crippen LogP contribution in [0.1, 0.15) is 35.2 Å². The van der Waals surface area contributed by atoms with Crippen molar-refractivity contribution in [1.29, 1.82) is 0 Å². The quantitative estimate of drug-likeness (QED) is 0.216. The number of nitrogens with one attached hydrogen (secondary N) is 1. The first-order valence-corrected chi connectivity index (χ1v) is 11.0. The summed E-state index contributed by atoms with van der Waals surface area (Å²) in [6.07, 6.45) is 5.14. The molecule has 2 heterocycles. The monoisotopic (exact) mass is 473 g/mol. The Labute approximate surface area is 201 Å². The molecular weight excluding hydrogens is 450 g/mol. The Balaban J connectivity index is 1.41. The molecule has 0 saturated carbocycles. The Morgan fingerprint density at radius 2 is 1.89 bits per heavy atom. The second-order valence-electron chi connectivity index (χ2n) is 7.67. The summed E-state index contributed by atoms with van der Waals surface area (Å²) in [5.74, 6) is 1.23. The second kappa shape index (κ2) is 11.0. The summed E-state index contributed by atoms with van der Waals surface area (Å²) in [6.45, 7) is 2.28. The lowest BCUT2D eigenvalue weighted by molar-refractivity contribution is -0.384. The minimum atomic E-state index is -0.567. The van der Waals surface area contributed by atoms with Gasteiger partial charge < -0.3 is 19.2 Å². The van der Waals surface area contributed by atoms with Crippen LogP contribution in [0.5, 0.6) is 17.2 Å². The Kier molecular flexibility index (Phi) is 7.37.